The third-order valence-electron chi connectivity index (χ3n) is 2.15. The highest BCUT2D eigenvalue weighted by atomic mass is 32.2. The first-order valence-corrected chi connectivity index (χ1v) is 6.57. The second-order valence-electron chi connectivity index (χ2n) is 3.88. The topological polar surface area (TPSA) is 57.6 Å². The number of rotatable bonds is 4. The van der Waals surface area contributed by atoms with Gasteiger partial charge < -0.3 is 4.90 Å². The van der Waals surface area contributed by atoms with Crippen LogP contribution in [0.3, 0.4) is 0 Å². The van der Waals surface area contributed by atoms with Gasteiger partial charge in [0.05, 0.1) is 0 Å². The van der Waals surface area contributed by atoms with Gasteiger partial charge in [-0.3, -0.25) is 4.55 Å². The van der Waals surface area contributed by atoms with E-state index in [1.807, 2.05) is 0 Å². The summed E-state index contributed by atoms with van der Waals surface area (Å²) >= 11 is 0. The van der Waals surface area contributed by atoms with Gasteiger partial charge in [-0.05, 0) is 27.4 Å². The van der Waals surface area contributed by atoms with Crippen LogP contribution in [0.5, 0.6) is 0 Å². The zero-order chi connectivity index (χ0) is 14.3. The predicted octanol–water partition coefficient (Wildman–Crippen LogP) is 2.52. The van der Waals surface area contributed by atoms with E-state index < -0.39 is 15.6 Å². The molecule has 1 unspecified atom stereocenters. The molecule has 0 heterocycles. The summed E-state index contributed by atoms with van der Waals surface area (Å²) in [7, 11) is -1.56. The molecule has 0 aliphatic rings. The van der Waals surface area contributed by atoms with Crippen molar-refractivity contribution >= 4 is 10.1 Å². The normalized spacial score (nSPS) is 14.2. The van der Waals surface area contributed by atoms with Crippen molar-refractivity contribution in [3.63, 3.8) is 0 Å². The van der Waals surface area contributed by atoms with E-state index in [-0.39, 0.29) is 0 Å². The zero-order valence-electron chi connectivity index (χ0n) is 10.5. The van der Waals surface area contributed by atoms with Crippen LogP contribution < -0.4 is 0 Å². The lowest BCUT2D eigenvalue weighted by Gasteiger charge is -2.18. The molecule has 1 atom stereocenters. The summed E-state index contributed by atoms with van der Waals surface area (Å²) < 4.78 is 57.5. The summed E-state index contributed by atoms with van der Waals surface area (Å²) in [5.41, 5.74) is -5.53. The fraction of sp³-hybridized carbons (Fsp3) is 1.00. The van der Waals surface area contributed by atoms with Crippen molar-refractivity contribution in [3.05, 3.63) is 0 Å². The molecule has 0 amide bonds. The fourth-order valence-electron chi connectivity index (χ4n) is 0.758. The minimum atomic E-state index is -5.84. The van der Waals surface area contributed by atoms with Crippen LogP contribution in [0.2, 0.25) is 0 Å². The number of alkyl halides is 3. The SMILES string of the molecule is CCCCC(C)N(C)C.O=S(=O)(O)C(F)(F)F. The molecule has 0 rings (SSSR count). The highest BCUT2D eigenvalue weighted by molar-refractivity contribution is 7.86. The predicted molar refractivity (Wildman–Crippen MR) is 60.3 cm³/mol. The molecule has 0 aromatic carbocycles. The van der Waals surface area contributed by atoms with Crippen LogP contribution in [0.1, 0.15) is 33.1 Å². The first-order valence-electron chi connectivity index (χ1n) is 5.13. The largest absolute Gasteiger partial charge is 0.522 e. The van der Waals surface area contributed by atoms with Crippen LogP contribution in [0, 0.1) is 0 Å². The highest BCUT2D eigenvalue weighted by Crippen LogP contribution is 2.20. The molecule has 17 heavy (non-hydrogen) atoms. The Balaban J connectivity index is 0. The molecule has 0 aromatic rings. The van der Waals surface area contributed by atoms with Crippen molar-refractivity contribution in [1.29, 1.82) is 0 Å². The third-order valence-corrected chi connectivity index (χ3v) is 2.73. The monoisotopic (exact) mass is 279 g/mol. The maximum atomic E-state index is 10.7. The van der Waals surface area contributed by atoms with Gasteiger partial charge in [-0.2, -0.15) is 21.6 Å². The number of hydrogen-bond acceptors (Lipinski definition) is 3. The summed E-state index contributed by atoms with van der Waals surface area (Å²) in [5.74, 6) is 0. The third kappa shape index (κ3) is 10.5. The first-order chi connectivity index (χ1) is 7.43. The number of hydrogen-bond donors (Lipinski definition) is 1. The van der Waals surface area contributed by atoms with E-state index in [0.717, 1.165) is 6.04 Å². The Morgan fingerprint density at radius 3 is 1.82 bits per heavy atom. The van der Waals surface area contributed by atoms with Crippen LogP contribution in [-0.2, 0) is 10.1 Å². The van der Waals surface area contributed by atoms with Gasteiger partial charge in [0, 0.05) is 6.04 Å². The number of nitrogens with zero attached hydrogens (tertiary/aromatic N) is 1. The smallest absolute Gasteiger partial charge is 0.307 e. The van der Waals surface area contributed by atoms with Gasteiger partial charge in [0.1, 0.15) is 0 Å². The van der Waals surface area contributed by atoms with Gasteiger partial charge in [-0.25, -0.2) is 0 Å². The van der Waals surface area contributed by atoms with Crippen molar-refractivity contribution in [1.82, 2.24) is 4.90 Å². The Bertz CT molecular complexity index is 288. The Kier molecular flexibility index (Phi) is 8.82. The van der Waals surface area contributed by atoms with Gasteiger partial charge in [0.15, 0.2) is 0 Å². The van der Waals surface area contributed by atoms with E-state index in [2.05, 4.69) is 32.8 Å². The van der Waals surface area contributed by atoms with E-state index in [9.17, 15) is 13.2 Å². The lowest BCUT2D eigenvalue weighted by molar-refractivity contribution is -0.0510. The van der Waals surface area contributed by atoms with E-state index >= 15 is 0 Å². The fourth-order valence-corrected chi connectivity index (χ4v) is 0.758. The molecule has 0 saturated heterocycles. The molecule has 106 valence electrons. The second kappa shape index (κ2) is 7.88. The molecule has 0 aliphatic carbocycles. The lowest BCUT2D eigenvalue weighted by atomic mass is 10.1. The summed E-state index contributed by atoms with van der Waals surface area (Å²) in [6.07, 6.45) is 4.01. The summed E-state index contributed by atoms with van der Waals surface area (Å²) in [6, 6.07) is 0.755. The molecule has 0 saturated carbocycles. The molecular formula is C9H20F3NO3S. The molecule has 4 nitrogen and oxygen atoms in total. The average molecular weight is 279 g/mol. The highest BCUT2D eigenvalue weighted by Gasteiger charge is 2.44. The van der Waals surface area contributed by atoms with Crippen LogP contribution >= 0.6 is 0 Å². The van der Waals surface area contributed by atoms with Crippen molar-refractivity contribution in [2.75, 3.05) is 14.1 Å². The van der Waals surface area contributed by atoms with E-state index in [4.69, 9.17) is 13.0 Å². The number of halogens is 3. The van der Waals surface area contributed by atoms with Gasteiger partial charge in [0.25, 0.3) is 0 Å². The van der Waals surface area contributed by atoms with Crippen LogP contribution in [0.25, 0.3) is 0 Å². The Labute approximate surface area is 101 Å². The summed E-state index contributed by atoms with van der Waals surface area (Å²) in [5, 5.41) is 0. The molecule has 0 radical (unpaired) electrons. The van der Waals surface area contributed by atoms with Crippen LogP contribution in [0.15, 0.2) is 0 Å². The van der Waals surface area contributed by atoms with Gasteiger partial charge in [-0.1, -0.05) is 19.8 Å². The second-order valence-corrected chi connectivity index (χ2v) is 5.29. The first kappa shape index (κ1) is 19.0. The summed E-state index contributed by atoms with van der Waals surface area (Å²) in [6.45, 7) is 4.51. The lowest BCUT2D eigenvalue weighted by Crippen LogP contribution is -2.24. The molecule has 0 aromatic heterocycles. The van der Waals surface area contributed by atoms with Crippen LogP contribution in [0.4, 0.5) is 13.2 Å². The maximum absolute atomic E-state index is 10.7. The van der Waals surface area contributed by atoms with Gasteiger partial charge >= 0.3 is 15.6 Å². The quantitative estimate of drug-likeness (QED) is 0.634. The molecule has 8 heteroatoms. The molecular weight excluding hydrogens is 259 g/mol. The summed E-state index contributed by atoms with van der Waals surface area (Å²) in [4.78, 5) is 2.27. The molecule has 0 bridgehead atoms. The molecule has 0 spiro atoms. The molecule has 0 aliphatic heterocycles. The minimum Gasteiger partial charge on any atom is -0.307 e. The Hall–Kier alpha value is -0.340. The zero-order valence-corrected chi connectivity index (χ0v) is 11.3. The van der Waals surface area contributed by atoms with Crippen molar-refractivity contribution in [2.24, 2.45) is 0 Å². The van der Waals surface area contributed by atoms with Crippen molar-refractivity contribution in [2.45, 2.75) is 44.7 Å². The van der Waals surface area contributed by atoms with E-state index in [1.54, 1.807) is 0 Å². The van der Waals surface area contributed by atoms with E-state index in [0.29, 0.717) is 0 Å². The molecule has 0 fully saturated rings. The molecule has 1 N–H and O–H groups in total. The van der Waals surface area contributed by atoms with Gasteiger partial charge in [-0.15, -0.1) is 0 Å². The Morgan fingerprint density at radius 1 is 1.29 bits per heavy atom. The minimum absolute atomic E-state index is 0.755. The van der Waals surface area contributed by atoms with E-state index in [1.165, 1.54) is 19.3 Å². The van der Waals surface area contributed by atoms with Crippen molar-refractivity contribution < 1.29 is 26.1 Å². The van der Waals surface area contributed by atoms with Gasteiger partial charge in [0.2, 0.25) is 0 Å². The number of unbranched alkanes of at least 4 members (excludes halogenated alkanes) is 1. The van der Waals surface area contributed by atoms with Crippen LogP contribution in [-0.4, -0.2) is 43.5 Å². The maximum Gasteiger partial charge on any atom is 0.522 e. The average Bonchev–Trinajstić information content (AvgIpc) is 2.11. The Morgan fingerprint density at radius 2 is 1.65 bits per heavy atom. The standard InChI is InChI=1S/C8H19N.CHF3O3S/c1-5-6-7-8(2)9(3)4;2-1(3,4)8(5,6)7/h8H,5-7H2,1-4H3;(H,5,6,7). The van der Waals surface area contributed by atoms with Crippen molar-refractivity contribution in [3.8, 4) is 0 Å².